The van der Waals surface area contributed by atoms with Crippen molar-refractivity contribution >= 4 is 5.97 Å². The minimum atomic E-state index is -0.168. The summed E-state index contributed by atoms with van der Waals surface area (Å²) in [5.41, 5.74) is 0. The first-order valence-electron chi connectivity index (χ1n) is 5.60. The van der Waals surface area contributed by atoms with E-state index in [4.69, 9.17) is 9.47 Å². The first-order valence-corrected chi connectivity index (χ1v) is 5.60. The number of morpholine rings is 1. The fourth-order valence-corrected chi connectivity index (χ4v) is 1.95. The van der Waals surface area contributed by atoms with Crippen LogP contribution in [0.25, 0.3) is 0 Å². The molecular formula is C11H21NO3. The Morgan fingerprint density at radius 3 is 2.47 bits per heavy atom. The van der Waals surface area contributed by atoms with Gasteiger partial charge in [0, 0.05) is 13.1 Å². The number of rotatable bonds is 3. The van der Waals surface area contributed by atoms with Crippen molar-refractivity contribution in [2.45, 2.75) is 45.9 Å². The van der Waals surface area contributed by atoms with Gasteiger partial charge in [-0.2, -0.15) is 0 Å². The first kappa shape index (κ1) is 12.5. The van der Waals surface area contributed by atoms with Crippen molar-refractivity contribution in [3.8, 4) is 0 Å². The lowest BCUT2D eigenvalue weighted by Crippen LogP contribution is -2.51. The third-order valence-electron chi connectivity index (χ3n) is 2.62. The van der Waals surface area contributed by atoms with E-state index >= 15 is 0 Å². The van der Waals surface area contributed by atoms with Crippen molar-refractivity contribution in [2.24, 2.45) is 0 Å². The Hall–Kier alpha value is -0.610. The van der Waals surface area contributed by atoms with Gasteiger partial charge in [-0.05, 0) is 27.7 Å². The van der Waals surface area contributed by atoms with Crippen LogP contribution in [-0.4, -0.2) is 48.8 Å². The zero-order chi connectivity index (χ0) is 11.4. The molecule has 0 radical (unpaired) electrons. The minimum absolute atomic E-state index is 0.140. The van der Waals surface area contributed by atoms with Crippen LogP contribution in [0.5, 0.6) is 0 Å². The first-order chi connectivity index (χ1) is 7.04. The molecule has 0 bridgehead atoms. The monoisotopic (exact) mass is 215 g/mol. The summed E-state index contributed by atoms with van der Waals surface area (Å²) in [6, 6.07) is -0.168. The van der Waals surface area contributed by atoms with Gasteiger partial charge in [0.25, 0.3) is 0 Å². The highest BCUT2D eigenvalue weighted by Gasteiger charge is 2.29. The summed E-state index contributed by atoms with van der Waals surface area (Å²) in [6.07, 6.45) is 0.372. The largest absolute Gasteiger partial charge is 0.465 e. The van der Waals surface area contributed by atoms with Gasteiger partial charge in [-0.3, -0.25) is 9.69 Å². The van der Waals surface area contributed by atoms with Crippen molar-refractivity contribution in [2.75, 3.05) is 19.7 Å². The van der Waals surface area contributed by atoms with Crippen LogP contribution in [0.1, 0.15) is 27.7 Å². The van der Waals surface area contributed by atoms with Gasteiger partial charge in [0.1, 0.15) is 6.04 Å². The van der Waals surface area contributed by atoms with E-state index < -0.39 is 0 Å². The van der Waals surface area contributed by atoms with E-state index in [1.165, 1.54) is 0 Å². The molecule has 0 N–H and O–H groups in total. The maximum atomic E-state index is 11.6. The predicted octanol–water partition coefficient (Wildman–Crippen LogP) is 1.05. The fourth-order valence-electron chi connectivity index (χ4n) is 1.95. The molecule has 1 rings (SSSR count). The Balaban J connectivity index is 2.51. The quantitative estimate of drug-likeness (QED) is 0.660. The molecule has 0 saturated carbocycles. The zero-order valence-electron chi connectivity index (χ0n) is 10.0. The molecule has 1 fully saturated rings. The summed E-state index contributed by atoms with van der Waals surface area (Å²) in [5.74, 6) is -0.140. The van der Waals surface area contributed by atoms with Crippen LogP contribution >= 0.6 is 0 Å². The third-order valence-corrected chi connectivity index (χ3v) is 2.62. The smallest absolute Gasteiger partial charge is 0.323 e. The predicted molar refractivity (Wildman–Crippen MR) is 57.7 cm³/mol. The van der Waals surface area contributed by atoms with Crippen LogP contribution in [-0.2, 0) is 14.3 Å². The van der Waals surface area contributed by atoms with Crippen LogP contribution in [0.3, 0.4) is 0 Å². The van der Waals surface area contributed by atoms with Crippen molar-refractivity contribution < 1.29 is 14.3 Å². The maximum absolute atomic E-state index is 11.6. The number of nitrogens with zero attached hydrogens (tertiary/aromatic N) is 1. The van der Waals surface area contributed by atoms with Crippen LogP contribution in [0.4, 0.5) is 0 Å². The zero-order valence-corrected chi connectivity index (χ0v) is 10.0. The third kappa shape index (κ3) is 3.47. The number of hydrogen-bond acceptors (Lipinski definition) is 4. The molecule has 0 aliphatic carbocycles. The molecule has 88 valence electrons. The van der Waals surface area contributed by atoms with Crippen molar-refractivity contribution in [3.63, 3.8) is 0 Å². The molecule has 0 aromatic heterocycles. The molecular weight excluding hydrogens is 194 g/mol. The number of carbonyl (C=O) groups is 1. The highest BCUT2D eigenvalue weighted by Crippen LogP contribution is 2.14. The standard InChI is InChI=1S/C11H21NO3/c1-5-14-11(13)10(4)12-6-8(2)15-9(3)7-12/h8-10H,5-7H2,1-4H3/t8-,9-,10+/m0/s1. The molecule has 0 spiro atoms. The summed E-state index contributed by atoms with van der Waals surface area (Å²) in [5, 5.41) is 0. The summed E-state index contributed by atoms with van der Waals surface area (Å²) in [6.45, 7) is 9.81. The molecule has 15 heavy (non-hydrogen) atoms. The molecule has 0 amide bonds. The van der Waals surface area contributed by atoms with Gasteiger partial charge in [0.2, 0.25) is 0 Å². The van der Waals surface area contributed by atoms with E-state index in [1.54, 1.807) is 0 Å². The molecule has 4 nitrogen and oxygen atoms in total. The van der Waals surface area contributed by atoms with Crippen LogP contribution < -0.4 is 0 Å². The van der Waals surface area contributed by atoms with Crippen LogP contribution in [0.15, 0.2) is 0 Å². The van der Waals surface area contributed by atoms with Crippen LogP contribution in [0, 0.1) is 0 Å². The van der Waals surface area contributed by atoms with E-state index in [9.17, 15) is 4.79 Å². The molecule has 1 heterocycles. The van der Waals surface area contributed by atoms with Gasteiger partial charge >= 0.3 is 5.97 Å². The second kappa shape index (κ2) is 5.47. The normalized spacial score (nSPS) is 29.9. The average molecular weight is 215 g/mol. The molecule has 0 aromatic carbocycles. The molecule has 0 aromatic rings. The second-order valence-electron chi connectivity index (χ2n) is 4.14. The Morgan fingerprint density at radius 1 is 1.47 bits per heavy atom. The van der Waals surface area contributed by atoms with E-state index in [0.29, 0.717) is 6.61 Å². The summed E-state index contributed by atoms with van der Waals surface area (Å²) >= 11 is 0. The van der Waals surface area contributed by atoms with Crippen molar-refractivity contribution in [3.05, 3.63) is 0 Å². The second-order valence-corrected chi connectivity index (χ2v) is 4.14. The Bertz CT molecular complexity index is 210. The molecule has 0 unspecified atom stereocenters. The maximum Gasteiger partial charge on any atom is 0.323 e. The topological polar surface area (TPSA) is 38.8 Å². The van der Waals surface area contributed by atoms with Crippen molar-refractivity contribution in [1.82, 2.24) is 4.90 Å². The fraction of sp³-hybridized carbons (Fsp3) is 0.909. The summed E-state index contributed by atoms with van der Waals surface area (Å²) < 4.78 is 10.6. The lowest BCUT2D eigenvalue weighted by atomic mass is 10.2. The lowest BCUT2D eigenvalue weighted by Gasteiger charge is -2.37. The van der Waals surface area contributed by atoms with Crippen molar-refractivity contribution in [1.29, 1.82) is 0 Å². The highest BCUT2D eigenvalue weighted by molar-refractivity contribution is 5.75. The molecule has 1 aliphatic heterocycles. The van der Waals surface area contributed by atoms with E-state index in [-0.39, 0.29) is 24.2 Å². The van der Waals surface area contributed by atoms with Gasteiger partial charge in [-0.1, -0.05) is 0 Å². The van der Waals surface area contributed by atoms with E-state index in [1.807, 2.05) is 27.7 Å². The SMILES string of the molecule is CCOC(=O)[C@@H](C)N1C[C@H](C)O[C@@H](C)C1. The number of esters is 1. The van der Waals surface area contributed by atoms with E-state index in [0.717, 1.165) is 13.1 Å². The number of hydrogen-bond donors (Lipinski definition) is 0. The van der Waals surface area contributed by atoms with Gasteiger partial charge in [0.15, 0.2) is 0 Å². The van der Waals surface area contributed by atoms with E-state index in [2.05, 4.69) is 4.90 Å². The molecule has 1 aliphatic rings. The molecule has 1 saturated heterocycles. The van der Waals surface area contributed by atoms with Crippen LogP contribution in [0.2, 0.25) is 0 Å². The Kier molecular flexibility index (Phi) is 4.54. The van der Waals surface area contributed by atoms with Gasteiger partial charge in [-0.25, -0.2) is 0 Å². The van der Waals surface area contributed by atoms with Gasteiger partial charge in [0.05, 0.1) is 18.8 Å². The van der Waals surface area contributed by atoms with Gasteiger partial charge < -0.3 is 9.47 Å². The summed E-state index contributed by atoms with van der Waals surface area (Å²) in [4.78, 5) is 13.7. The lowest BCUT2D eigenvalue weighted by molar-refractivity contribution is -0.153. The highest BCUT2D eigenvalue weighted by atomic mass is 16.5. The number of ether oxygens (including phenoxy) is 2. The minimum Gasteiger partial charge on any atom is -0.465 e. The average Bonchev–Trinajstić information content (AvgIpc) is 2.15. The summed E-state index contributed by atoms with van der Waals surface area (Å²) in [7, 11) is 0. The Morgan fingerprint density at radius 2 is 2.00 bits per heavy atom. The van der Waals surface area contributed by atoms with Gasteiger partial charge in [-0.15, -0.1) is 0 Å². The number of carbonyl (C=O) groups excluding carboxylic acids is 1. The molecule has 4 heteroatoms. The molecule has 3 atom stereocenters. The Labute approximate surface area is 91.5 Å².